The number of carbonyl (C=O) groups is 1. The van der Waals surface area contributed by atoms with Crippen molar-refractivity contribution in [3.05, 3.63) is 53.0 Å². The molecular formula is C21H19F3N6O2S. The van der Waals surface area contributed by atoms with Gasteiger partial charge in [0.05, 0.1) is 23.7 Å². The zero-order valence-electron chi connectivity index (χ0n) is 17.5. The number of piperazine rings is 1. The lowest BCUT2D eigenvalue weighted by molar-refractivity contribution is -0.153. The monoisotopic (exact) mass is 476 g/mol. The van der Waals surface area contributed by atoms with E-state index in [9.17, 15) is 18.0 Å². The number of furan rings is 1. The fraction of sp³-hybridized carbons (Fsp3) is 0.333. The summed E-state index contributed by atoms with van der Waals surface area (Å²) in [6, 6.07) is 8.85. The summed E-state index contributed by atoms with van der Waals surface area (Å²) in [4.78, 5) is 21.3. The van der Waals surface area contributed by atoms with E-state index < -0.39 is 23.4 Å². The molecule has 2 aromatic heterocycles. The molecule has 0 bridgehead atoms. The van der Waals surface area contributed by atoms with E-state index in [4.69, 9.17) is 9.68 Å². The molecule has 33 heavy (non-hydrogen) atoms. The number of alkyl halides is 3. The van der Waals surface area contributed by atoms with Gasteiger partial charge in [0.25, 0.3) is 5.91 Å². The Hall–Kier alpha value is -3.27. The largest absolute Gasteiger partial charge is 0.451 e. The molecule has 0 spiro atoms. The number of hydrogen-bond donors (Lipinski definition) is 1. The molecule has 3 aromatic rings. The zero-order chi connectivity index (χ0) is 23.6. The summed E-state index contributed by atoms with van der Waals surface area (Å²) in [6.07, 6.45) is -4.88. The number of hydrogen-bond acceptors (Lipinski definition) is 8. The minimum absolute atomic E-state index is 0.103. The standard InChI is InChI=1S/C21H19F3N6O2S/c1-29-5-7-30(8-6-29)12-17-26-20(33-28-17)27-19(31)15-10-16(32-18(15)21(22,23)24)14-4-2-3-13(9-14)11-25/h2-4,9-10H,5-8,12H2,1H3,(H,26,27,28,31). The SMILES string of the molecule is CN1CCN(Cc2nsc(NC(=O)c3cc(-c4cccc(C#N)c4)oc3C(F)(F)F)n2)CC1. The first-order chi connectivity index (χ1) is 15.7. The molecule has 0 aliphatic carbocycles. The Balaban J connectivity index is 1.52. The first-order valence-electron chi connectivity index (χ1n) is 9.99. The average molecular weight is 476 g/mol. The van der Waals surface area contributed by atoms with Crippen molar-refractivity contribution in [2.45, 2.75) is 12.7 Å². The van der Waals surface area contributed by atoms with Gasteiger partial charge in [-0.05, 0) is 25.2 Å². The van der Waals surface area contributed by atoms with Crippen LogP contribution in [0.3, 0.4) is 0 Å². The van der Waals surface area contributed by atoms with Crippen LogP contribution in [-0.4, -0.2) is 58.3 Å². The number of nitrogens with one attached hydrogen (secondary N) is 1. The highest BCUT2D eigenvalue weighted by molar-refractivity contribution is 7.09. The number of benzene rings is 1. The topological polar surface area (TPSA) is 98.3 Å². The summed E-state index contributed by atoms with van der Waals surface area (Å²) in [5.41, 5.74) is -0.162. The van der Waals surface area contributed by atoms with Crippen molar-refractivity contribution < 1.29 is 22.4 Å². The Morgan fingerprint density at radius 2 is 2.03 bits per heavy atom. The second kappa shape index (κ2) is 9.30. The van der Waals surface area contributed by atoms with Crippen molar-refractivity contribution in [1.29, 1.82) is 5.26 Å². The summed E-state index contributed by atoms with van der Waals surface area (Å²) >= 11 is 0.905. The number of nitriles is 1. The van der Waals surface area contributed by atoms with Crippen molar-refractivity contribution in [3.63, 3.8) is 0 Å². The molecule has 1 aliphatic heterocycles. The van der Waals surface area contributed by atoms with Gasteiger partial charge in [0, 0.05) is 43.3 Å². The number of amides is 1. The van der Waals surface area contributed by atoms with Crippen molar-refractivity contribution in [1.82, 2.24) is 19.2 Å². The normalized spacial score (nSPS) is 15.4. The lowest BCUT2D eigenvalue weighted by Crippen LogP contribution is -2.44. The van der Waals surface area contributed by atoms with Crippen LogP contribution >= 0.6 is 11.5 Å². The van der Waals surface area contributed by atoms with Crippen molar-refractivity contribution >= 4 is 22.6 Å². The van der Waals surface area contributed by atoms with Gasteiger partial charge in [0.2, 0.25) is 10.9 Å². The fourth-order valence-corrected chi connectivity index (χ4v) is 3.97. The lowest BCUT2D eigenvalue weighted by Gasteiger charge is -2.31. The molecule has 4 rings (SSSR count). The van der Waals surface area contributed by atoms with E-state index in [1.165, 1.54) is 24.3 Å². The number of likely N-dealkylation sites (N-methyl/N-ethyl adjacent to an activating group) is 1. The summed E-state index contributed by atoms with van der Waals surface area (Å²) in [6.45, 7) is 4.06. The number of anilines is 1. The van der Waals surface area contributed by atoms with Gasteiger partial charge in [-0.25, -0.2) is 4.98 Å². The second-order valence-corrected chi connectivity index (χ2v) is 8.34. The van der Waals surface area contributed by atoms with Crippen LogP contribution in [0.4, 0.5) is 18.3 Å². The van der Waals surface area contributed by atoms with Crippen LogP contribution in [0.1, 0.15) is 27.5 Å². The van der Waals surface area contributed by atoms with Gasteiger partial charge in [-0.15, -0.1) is 0 Å². The van der Waals surface area contributed by atoms with E-state index in [2.05, 4.69) is 24.5 Å². The van der Waals surface area contributed by atoms with E-state index in [1.54, 1.807) is 0 Å². The molecule has 3 heterocycles. The summed E-state index contributed by atoms with van der Waals surface area (Å²) < 4.78 is 49.9. The van der Waals surface area contributed by atoms with Crippen LogP contribution in [0.15, 0.2) is 34.7 Å². The van der Waals surface area contributed by atoms with Crippen LogP contribution in [0.5, 0.6) is 0 Å². The van der Waals surface area contributed by atoms with Crippen LogP contribution in [0.2, 0.25) is 0 Å². The third kappa shape index (κ3) is 5.39. The lowest BCUT2D eigenvalue weighted by atomic mass is 10.1. The molecule has 1 fully saturated rings. The van der Waals surface area contributed by atoms with Crippen LogP contribution < -0.4 is 5.32 Å². The van der Waals surface area contributed by atoms with E-state index in [1.807, 2.05) is 13.1 Å². The van der Waals surface area contributed by atoms with Gasteiger partial charge in [-0.2, -0.15) is 22.8 Å². The van der Waals surface area contributed by atoms with Gasteiger partial charge in [-0.3, -0.25) is 15.0 Å². The maximum Gasteiger partial charge on any atom is 0.450 e. The first-order valence-corrected chi connectivity index (χ1v) is 10.8. The third-order valence-electron chi connectivity index (χ3n) is 5.16. The Kier molecular flexibility index (Phi) is 6.46. The molecule has 1 aromatic carbocycles. The Morgan fingerprint density at radius 1 is 1.27 bits per heavy atom. The van der Waals surface area contributed by atoms with Gasteiger partial charge >= 0.3 is 6.18 Å². The predicted octanol–water partition coefficient (Wildman–Crippen LogP) is 3.69. The molecule has 1 amide bonds. The number of rotatable bonds is 5. The number of aromatic nitrogens is 2. The van der Waals surface area contributed by atoms with Gasteiger partial charge < -0.3 is 9.32 Å². The number of nitrogens with zero attached hydrogens (tertiary/aromatic N) is 5. The van der Waals surface area contributed by atoms with Crippen molar-refractivity contribution in [2.75, 3.05) is 38.5 Å². The Labute approximate surface area is 191 Å². The summed E-state index contributed by atoms with van der Waals surface area (Å²) in [5.74, 6) is -2.09. The van der Waals surface area contributed by atoms with Crippen molar-refractivity contribution in [2.24, 2.45) is 0 Å². The highest BCUT2D eigenvalue weighted by Crippen LogP contribution is 2.37. The highest BCUT2D eigenvalue weighted by Gasteiger charge is 2.40. The van der Waals surface area contributed by atoms with Crippen LogP contribution in [-0.2, 0) is 12.7 Å². The molecule has 1 N–H and O–H groups in total. The van der Waals surface area contributed by atoms with Crippen molar-refractivity contribution in [3.8, 4) is 17.4 Å². The average Bonchev–Trinajstić information content (AvgIpc) is 3.43. The van der Waals surface area contributed by atoms with E-state index in [0.29, 0.717) is 12.4 Å². The molecule has 1 saturated heterocycles. The minimum atomic E-state index is -4.88. The Morgan fingerprint density at radius 3 is 2.73 bits per heavy atom. The van der Waals surface area contributed by atoms with Gasteiger partial charge in [0.15, 0.2) is 5.82 Å². The Bertz CT molecular complexity index is 1190. The van der Waals surface area contributed by atoms with Gasteiger partial charge in [0.1, 0.15) is 5.76 Å². The molecule has 12 heteroatoms. The first kappa shape index (κ1) is 22.9. The van der Waals surface area contributed by atoms with Crippen LogP contribution in [0.25, 0.3) is 11.3 Å². The predicted molar refractivity (Wildman–Crippen MR) is 114 cm³/mol. The minimum Gasteiger partial charge on any atom is -0.451 e. The maximum absolute atomic E-state index is 13.6. The summed E-state index contributed by atoms with van der Waals surface area (Å²) in [5, 5.41) is 11.5. The third-order valence-corrected chi connectivity index (χ3v) is 5.83. The molecule has 172 valence electrons. The van der Waals surface area contributed by atoms with Gasteiger partial charge in [-0.1, -0.05) is 12.1 Å². The highest BCUT2D eigenvalue weighted by atomic mass is 32.1. The molecule has 0 saturated carbocycles. The van der Waals surface area contributed by atoms with Crippen LogP contribution in [0, 0.1) is 11.3 Å². The van der Waals surface area contributed by atoms with E-state index >= 15 is 0 Å². The molecule has 0 radical (unpaired) electrons. The maximum atomic E-state index is 13.6. The summed E-state index contributed by atoms with van der Waals surface area (Å²) in [7, 11) is 2.04. The molecule has 0 atom stereocenters. The second-order valence-electron chi connectivity index (χ2n) is 7.59. The molecular weight excluding hydrogens is 457 g/mol. The fourth-order valence-electron chi connectivity index (χ4n) is 3.39. The molecule has 0 unspecified atom stereocenters. The molecule has 1 aliphatic rings. The zero-order valence-corrected chi connectivity index (χ0v) is 18.3. The smallest absolute Gasteiger partial charge is 0.450 e. The van der Waals surface area contributed by atoms with E-state index in [0.717, 1.165) is 43.8 Å². The number of carbonyl (C=O) groups excluding carboxylic acids is 1. The van der Waals surface area contributed by atoms with E-state index in [-0.39, 0.29) is 22.0 Å². The molecule has 8 nitrogen and oxygen atoms in total. The number of halogens is 3. The quantitative estimate of drug-likeness (QED) is 0.600.